The fourth-order valence-electron chi connectivity index (χ4n) is 8.78. The summed E-state index contributed by atoms with van der Waals surface area (Å²) in [7, 11) is -22.8. The van der Waals surface area contributed by atoms with Gasteiger partial charge in [0.1, 0.15) is 0 Å². The second-order valence-corrected chi connectivity index (χ2v) is 39.8. The van der Waals surface area contributed by atoms with Gasteiger partial charge in [-0.15, -0.1) is 0 Å². The Labute approximate surface area is 503 Å². The molecular formula is C58H58CoN2O16S8+2. The van der Waals surface area contributed by atoms with Gasteiger partial charge in [-0.2, -0.15) is 0 Å². The number of hydrogen-bond donors (Lipinski definition) is 0. The Morgan fingerprint density at radius 1 is 0.294 bits per heavy atom. The van der Waals surface area contributed by atoms with Crippen molar-refractivity contribution in [1.82, 2.24) is 0 Å². The van der Waals surface area contributed by atoms with E-state index in [4.69, 9.17) is 0 Å². The minimum Gasteiger partial charge on any atom is -0.0580 e. The maximum absolute atomic E-state index is 14.6. The summed E-state index contributed by atoms with van der Waals surface area (Å²) in [4.78, 5) is -2.98. The van der Waals surface area contributed by atoms with Gasteiger partial charge in [-0.3, -0.25) is 0 Å². The van der Waals surface area contributed by atoms with Crippen LogP contribution in [0.3, 0.4) is 0 Å². The van der Waals surface area contributed by atoms with Gasteiger partial charge in [0.2, 0.25) is 19.7 Å². The van der Waals surface area contributed by atoms with Crippen LogP contribution in [0.2, 0.25) is 0 Å². The standard InChI is InChI=1S/C33H39N2O8S4.C25H19O8S4.Co/c1-24-8-10-27(11-9-24)45(38,39)28-12-14-29(15-13-28)47(42,43)33-19-17-31(21-26(33)23-35(5,6)7)46(40,41)30-16-18-32(44(36)37)25(20-30)22-34(2,3)4;1-34(26,27)19-7-9-21(10-8-19)36(30,31)23-15-17-25(18-16-23)37(32,33)24-13-11-22(12-14-24)35(28,29)20-5-3-2-4-6-20;/h8-21H,22-23H2,1-7H3;3-18H,1H3;/q+2;;. The summed E-state index contributed by atoms with van der Waals surface area (Å²) in [6, 6.07) is 36.3. The third kappa shape index (κ3) is 14.0. The fraction of sp³-hybridized carbons (Fsp3) is 0.172. The van der Waals surface area contributed by atoms with Crippen molar-refractivity contribution in [3.63, 3.8) is 0 Å². The Bertz CT molecular complexity index is 4880. The molecule has 8 aromatic rings. The second-order valence-electron chi connectivity index (χ2n) is 21.8. The first-order valence-corrected chi connectivity index (χ1v) is 39.1. The van der Waals surface area contributed by atoms with Crippen LogP contribution >= 0.6 is 0 Å². The predicted octanol–water partition coefficient (Wildman–Crippen LogP) is 6.90. The first-order chi connectivity index (χ1) is 39.1. The molecule has 0 aliphatic rings. The first-order valence-electron chi connectivity index (χ1n) is 25.2. The van der Waals surface area contributed by atoms with Crippen LogP contribution in [0.15, 0.2) is 251 Å². The average molecular weight is 1350 g/mol. The van der Waals surface area contributed by atoms with E-state index in [0.717, 1.165) is 96.7 Å². The Morgan fingerprint density at radius 2 is 0.529 bits per heavy atom. The molecule has 0 saturated heterocycles. The van der Waals surface area contributed by atoms with E-state index in [1.54, 1.807) is 54.4 Å². The van der Waals surface area contributed by atoms with Gasteiger partial charge in [0, 0.05) is 6.26 Å². The SMILES string of the molecule is Cc1ccc(S(=O)(=O)c2ccc(S(=O)(=O)c3ccc(S(=O)(=O)c4ccc([S](=O)(=O)[Co][c]5ccc(S(=O)(=O)c6ccc(S(=O)(=O)c7ccc(S(=O)(=O)c8ccc(S(C)(=O)=O)cc8)cc7)cc6)cc5)c(C[N+](C)(C)C)c4)cc3C[N+](C)(C)C)cc2)cc1. The molecule has 0 aliphatic carbocycles. The molecule has 18 nitrogen and oxygen atoms in total. The smallest absolute Gasteiger partial charge is 0.0580 e. The van der Waals surface area contributed by atoms with Crippen molar-refractivity contribution in [1.29, 1.82) is 0 Å². The topological polar surface area (TPSA) is 273 Å². The van der Waals surface area contributed by atoms with Crippen molar-refractivity contribution in [2.45, 2.75) is 88.6 Å². The Hall–Kier alpha value is -6.21. The number of nitrogens with zero attached hydrogens (tertiary/aromatic N) is 2. The molecule has 0 aromatic heterocycles. The summed E-state index contributed by atoms with van der Waals surface area (Å²) >= 11 is -0.246. The van der Waals surface area contributed by atoms with Crippen LogP contribution in [0.1, 0.15) is 16.7 Å². The Kier molecular flexibility index (Phi) is 17.6. The van der Waals surface area contributed by atoms with Crippen molar-refractivity contribution in [2.24, 2.45) is 0 Å². The summed E-state index contributed by atoms with van der Waals surface area (Å²) in [5.74, 6) is 0. The molecule has 0 radical (unpaired) electrons. The number of quaternary nitrogens is 2. The summed E-state index contributed by atoms with van der Waals surface area (Å²) in [6.07, 6.45) is 0.974. The van der Waals surface area contributed by atoms with Crippen LogP contribution < -0.4 is 4.50 Å². The maximum atomic E-state index is 14.6. The van der Waals surface area contributed by atoms with E-state index >= 15 is 0 Å². The van der Waals surface area contributed by atoms with Crippen LogP contribution in [0.4, 0.5) is 0 Å². The van der Waals surface area contributed by atoms with Gasteiger partial charge in [0.25, 0.3) is 0 Å². The third-order valence-electron chi connectivity index (χ3n) is 13.0. The van der Waals surface area contributed by atoms with Crippen molar-refractivity contribution >= 4 is 81.7 Å². The number of benzene rings is 8. The van der Waals surface area contributed by atoms with E-state index in [1.165, 1.54) is 84.9 Å². The minimum absolute atomic E-state index is 0.0307. The van der Waals surface area contributed by atoms with Crippen molar-refractivity contribution in [2.75, 3.05) is 48.5 Å². The molecule has 0 bridgehead atoms. The quantitative estimate of drug-likeness (QED) is 0.0702. The van der Waals surface area contributed by atoms with Gasteiger partial charge in [0.05, 0.1) is 24.5 Å². The number of sulfone groups is 7. The summed E-state index contributed by atoms with van der Waals surface area (Å²) in [5, 5.41) is 0. The van der Waals surface area contributed by atoms with Gasteiger partial charge < -0.3 is 0 Å². The van der Waals surface area contributed by atoms with Crippen molar-refractivity contribution < 1.29 is 89.9 Å². The molecule has 451 valence electrons. The molecular weight excluding hydrogens is 1300 g/mol. The zero-order valence-corrected chi connectivity index (χ0v) is 54.3. The van der Waals surface area contributed by atoms with E-state index in [-0.39, 0.29) is 120 Å². The molecule has 0 amide bonds. The monoisotopic (exact) mass is 1350 g/mol. The summed E-state index contributed by atoms with van der Waals surface area (Å²) in [6.45, 7) is 1.89. The summed E-state index contributed by atoms with van der Waals surface area (Å²) in [5.41, 5.74) is 1.15. The molecule has 0 fully saturated rings. The minimum atomic E-state index is -4.47. The van der Waals surface area contributed by atoms with E-state index < -0.39 is 77.2 Å². The Balaban J connectivity index is 1.01. The second kappa shape index (κ2) is 23.1. The normalized spacial score (nSPS) is 13.4. The van der Waals surface area contributed by atoms with Gasteiger partial charge in [-0.05, 0) is 79.7 Å². The van der Waals surface area contributed by atoms with E-state index in [0.29, 0.717) is 0 Å². The molecule has 0 unspecified atom stereocenters. The zero-order valence-electron chi connectivity index (χ0n) is 46.8. The molecule has 27 heteroatoms. The first kappa shape index (κ1) is 64.8. The van der Waals surface area contributed by atoms with Crippen LogP contribution in [-0.4, -0.2) is 125 Å². The molecule has 0 aliphatic heterocycles. The molecule has 0 heterocycles. The number of hydrogen-bond acceptors (Lipinski definition) is 16. The number of aryl methyl sites for hydroxylation is 1. The molecule has 0 atom stereocenters. The fourth-order valence-corrected chi connectivity index (χ4v) is 20.8. The van der Waals surface area contributed by atoms with Crippen LogP contribution in [0.5, 0.6) is 0 Å². The van der Waals surface area contributed by atoms with Gasteiger partial charge in [0.15, 0.2) is 9.84 Å². The molecule has 85 heavy (non-hydrogen) atoms. The third-order valence-corrected chi connectivity index (χ3v) is 28.8. The van der Waals surface area contributed by atoms with Gasteiger partial charge >= 0.3 is 324 Å². The Morgan fingerprint density at radius 3 is 0.835 bits per heavy atom. The van der Waals surface area contributed by atoms with E-state index in [1.807, 2.05) is 6.92 Å². The van der Waals surface area contributed by atoms with Crippen LogP contribution in [0, 0.1) is 6.92 Å². The zero-order chi connectivity index (χ0) is 62.7. The van der Waals surface area contributed by atoms with E-state index in [2.05, 4.69) is 0 Å². The predicted molar refractivity (Wildman–Crippen MR) is 312 cm³/mol. The van der Waals surface area contributed by atoms with Crippen LogP contribution in [-0.2, 0) is 104 Å². The molecule has 8 rings (SSSR count). The molecule has 0 saturated carbocycles. The van der Waals surface area contributed by atoms with Crippen LogP contribution in [0.25, 0.3) is 0 Å². The number of rotatable bonds is 20. The van der Waals surface area contributed by atoms with Crippen molar-refractivity contribution in [3.05, 3.63) is 199 Å². The van der Waals surface area contributed by atoms with E-state index in [9.17, 15) is 67.3 Å². The average Bonchev–Trinajstić information content (AvgIpc) is 3.38. The van der Waals surface area contributed by atoms with Crippen molar-refractivity contribution in [3.8, 4) is 0 Å². The van der Waals surface area contributed by atoms with Gasteiger partial charge in [-0.25, -0.2) is 25.3 Å². The van der Waals surface area contributed by atoms with Gasteiger partial charge in [-0.1, -0.05) is 17.7 Å². The molecule has 0 N–H and O–H groups in total. The molecule has 8 aromatic carbocycles. The molecule has 0 spiro atoms. The summed E-state index contributed by atoms with van der Waals surface area (Å²) < 4.78 is 219.